The van der Waals surface area contributed by atoms with E-state index in [4.69, 9.17) is 32.7 Å². The summed E-state index contributed by atoms with van der Waals surface area (Å²) in [5.41, 5.74) is 0.856. The highest BCUT2D eigenvalue weighted by Gasteiger charge is 2.25. The first-order valence-electron chi connectivity index (χ1n) is 8.75. The van der Waals surface area contributed by atoms with Crippen LogP contribution in [0.25, 0.3) is 0 Å². The molecule has 2 aromatic rings. The molecule has 3 rings (SSSR count). The molecule has 1 saturated heterocycles. The van der Waals surface area contributed by atoms with Crippen molar-refractivity contribution in [2.45, 2.75) is 32.8 Å². The molecule has 0 bridgehead atoms. The van der Waals surface area contributed by atoms with Gasteiger partial charge in [-0.1, -0.05) is 23.2 Å². The van der Waals surface area contributed by atoms with E-state index in [1.165, 1.54) is 0 Å². The number of hydrogen-bond donors (Lipinski definition) is 0. The number of ether oxygens (including phenoxy) is 2. The van der Waals surface area contributed by atoms with Gasteiger partial charge in [-0.15, -0.1) is 0 Å². The second-order valence-corrected chi connectivity index (χ2v) is 7.32. The van der Waals surface area contributed by atoms with E-state index in [1.54, 1.807) is 29.2 Å². The third-order valence-corrected chi connectivity index (χ3v) is 4.74. The van der Waals surface area contributed by atoms with Crippen LogP contribution in [0.4, 0.5) is 0 Å². The van der Waals surface area contributed by atoms with Crippen LogP contribution in [-0.4, -0.2) is 46.6 Å². The van der Waals surface area contributed by atoms with Crippen molar-refractivity contribution in [3.05, 3.63) is 45.8 Å². The number of rotatable bonds is 5. The predicted octanol–water partition coefficient (Wildman–Crippen LogP) is 3.85. The molecule has 1 unspecified atom stereocenters. The minimum Gasteiger partial charge on any atom is -0.482 e. The van der Waals surface area contributed by atoms with Gasteiger partial charge in [0.25, 0.3) is 5.91 Å². The third kappa shape index (κ3) is 5.47. The van der Waals surface area contributed by atoms with Crippen LogP contribution in [0.3, 0.4) is 0 Å². The Morgan fingerprint density at radius 2 is 2.07 bits per heavy atom. The molecule has 1 fully saturated rings. The van der Waals surface area contributed by atoms with Gasteiger partial charge in [-0.05, 0) is 44.9 Å². The lowest BCUT2D eigenvalue weighted by atomic mass is 10.1. The Morgan fingerprint density at radius 1 is 1.26 bits per heavy atom. The van der Waals surface area contributed by atoms with Crippen LogP contribution in [0.1, 0.15) is 24.4 Å². The average molecular weight is 410 g/mol. The molecule has 1 aromatic carbocycles. The minimum atomic E-state index is -0.107. The van der Waals surface area contributed by atoms with Crippen LogP contribution in [0, 0.1) is 13.8 Å². The van der Waals surface area contributed by atoms with Gasteiger partial charge in [0, 0.05) is 23.3 Å². The second-order valence-electron chi connectivity index (χ2n) is 6.48. The molecule has 0 aliphatic carbocycles. The quantitative estimate of drug-likeness (QED) is 0.749. The Bertz CT molecular complexity index is 812. The van der Waals surface area contributed by atoms with Crippen molar-refractivity contribution >= 4 is 29.1 Å². The topological polar surface area (TPSA) is 64.5 Å². The van der Waals surface area contributed by atoms with E-state index in [1.807, 2.05) is 13.8 Å². The molecule has 2 heterocycles. The van der Waals surface area contributed by atoms with Gasteiger partial charge in [-0.3, -0.25) is 4.79 Å². The highest BCUT2D eigenvalue weighted by Crippen LogP contribution is 2.27. The van der Waals surface area contributed by atoms with Gasteiger partial charge in [-0.25, -0.2) is 4.98 Å². The molecule has 1 amide bonds. The Hall–Kier alpha value is -2.05. The molecule has 27 heavy (non-hydrogen) atoms. The van der Waals surface area contributed by atoms with E-state index in [9.17, 15) is 4.79 Å². The number of nitrogens with zero attached hydrogens (tertiary/aromatic N) is 3. The molecule has 0 N–H and O–H groups in total. The highest BCUT2D eigenvalue weighted by atomic mass is 35.5. The first-order chi connectivity index (χ1) is 12.9. The molecule has 1 aromatic heterocycles. The predicted molar refractivity (Wildman–Crippen MR) is 104 cm³/mol. The fraction of sp³-hybridized carbons (Fsp3) is 0.421. The van der Waals surface area contributed by atoms with Crippen molar-refractivity contribution in [2.24, 2.45) is 0 Å². The number of benzene rings is 1. The van der Waals surface area contributed by atoms with Gasteiger partial charge < -0.3 is 14.4 Å². The first-order valence-corrected chi connectivity index (χ1v) is 9.51. The Kier molecular flexibility index (Phi) is 6.39. The molecular weight excluding hydrogens is 389 g/mol. The standard InChI is InChI=1S/C19H21Cl2N3O3/c1-12-8-18(23-13(2)22-12)27-15-4-3-7-24(10-15)19(25)11-26-17-6-5-14(20)9-16(17)21/h5-6,8-9,15H,3-4,7,10-11H2,1-2H3. The van der Waals surface area contributed by atoms with Gasteiger partial charge >= 0.3 is 0 Å². The summed E-state index contributed by atoms with van der Waals surface area (Å²) in [4.78, 5) is 22.8. The van der Waals surface area contributed by atoms with Gasteiger partial charge in [-0.2, -0.15) is 4.98 Å². The fourth-order valence-corrected chi connectivity index (χ4v) is 3.46. The SMILES string of the molecule is Cc1cc(OC2CCCN(C(=O)COc3ccc(Cl)cc3Cl)C2)nc(C)n1. The average Bonchev–Trinajstić information content (AvgIpc) is 2.60. The molecule has 8 heteroatoms. The number of piperidine rings is 1. The van der Waals surface area contributed by atoms with E-state index in [2.05, 4.69) is 9.97 Å². The van der Waals surface area contributed by atoms with Crippen molar-refractivity contribution in [3.8, 4) is 11.6 Å². The number of carbonyl (C=O) groups excluding carboxylic acids is 1. The van der Waals surface area contributed by atoms with Crippen molar-refractivity contribution in [2.75, 3.05) is 19.7 Å². The highest BCUT2D eigenvalue weighted by molar-refractivity contribution is 6.35. The molecular formula is C19H21Cl2N3O3. The molecule has 0 saturated carbocycles. The van der Waals surface area contributed by atoms with Crippen LogP contribution in [-0.2, 0) is 4.79 Å². The maximum absolute atomic E-state index is 12.5. The number of likely N-dealkylation sites (tertiary alicyclic amines) is 1. The van der Waals surface area contributed by atoms with Crippen molar-refractivity contribution in [1.29, 1.82) is 0 Å². The summed E-state index contributed by atoms with van der Waals surface area (Å²) in [7, 11) is 0. The summed E-state index contributed by atoms with van der Waals surface area (Å²) in [5.74, 6) is 1.54. The summed E-state index contributed by atoms with van der Waals surface area (Å²) >= 11 is 11.9. The van der Waals surface area contributed by atoms with E-state index < -0.39 is 0 Å². The Labute approximate surface area is 168 Å². The lowest BCUT2D eigenvalue weighted by Crippen LogP contribution is -2.46. The number of aromatic nitrogens is 2. The van der Waals surface area contributed by atoms with Crippen molar-refractivity contribution < 1.29 is 14.3 Å². The summed E-state index contributed by atoms with van der Waals surface area (Å²) < 4.78 is 11.5. The lowest BCUT2D eigenvalue weighted by Gasteiger charge is -2.32. The third-order valence-electron chi connectivity index (χ3n) is 4.21. The molecule has 1 atom stereocenters. The molecule has 144 valence electrons. The number of carbonyl (C=O) groups is 1. The molecule has 6 nitrogen and oxygen atoms in total. The normalized spacial score (nSPS) is 16.9. The molecule has 0 radical (unpaired) electrons. The zero-order valence-electron chi connectivity index (χ0n) is 15.2. The van der Waals surface area contributed by atoms with Crippen LogP contribution >= 0.6 is 23.2 Å². The zero-order chi connectivity index (χ0) is 19.4. The van der Waals surface area contributed by atoms with Gasteiger partial charge in [0.05, 0.1) is 11.6 Å². The van der Waals surface area contributed by atoms with Crippen LogP contribution in [0.2, 0.25) is 10.0 Å². The molecule has 1 aliphatic rings. The summed E-state index contributed by atoms with van der Waals surface area (Å²) in [6.07, 6.45) is 1.63. The number of hydrogen-bond acceptors (Lipinski definition) is 5. The maximum atomic E-state index is 12.5. The van der Waals surface area contributed by atoms with Crippen molar-refractivity contribution in [3.63, 3.8) is 0 Å². The maximum Gasteiger partial charge on any atom is 0.260 e. The Balaban J connectivity index is 1.56. The molecule has 1 aliphatic heterocycles. The summed E-state index contributed by atoms with van der Waals surface area (Å²) in [5, 5.41) is 0.898. The largest absolute Gasteiger partial charge is 0.482 e. The number of halogens is 2. The number of amides is 1. The van der Waals surface area contributed by atoms with Gasteiger partial charge in [0.15, 0.2) is 6.61 Å². The van der Waals surface area contributed by atoms with Crippen LogP contribution in [0.15, 0.2) is 24.3 Å². The zero-order valence-corrected chi connectivity index (χ0v) is 16.8. The number of aryl methyl sites for hydroxylation is 2. The van der Waals surface area contributed by atoms with Gasteiger partial charge in [0.1, 0.15) is 17.7 Å². The van der Waals surface area contributed by atoms with E-state index in [0.717, 1.165) is 18.5 Å². The first kappa shape index (κ1) is 19.7. The smallest absolute Gasteiger partial charge is 0.260 e. The lowest BCUT2D eigenvalue weighted by molar-refractivity contribution is -0.136. The van der Waals surface area contributed by atoms with Crippen LogP contribution < -0.4 is 9.47 Å². The molecule has 0 spiro atoms. The summed E-state index contributed by atoms with van der Waals surface area (Å²) in [6, 6.07) is 6.71. The fourth-order valence-electron chi connectivity index (χ4n) is 3.00. The van der Waals surface area contributed by atoms with Gasteiger partial charge in [0.2, 0.25) is 5.88 Å². The monoisotopic (exact) mass is 409 g/mol. The Morgan fingerprint density at radius 3 is 2.81 bits per heavy atom. The van der Waals surface area contributed by atoms with Crippen molar-refractivity contribution in [1.82, 2.24) is 14.9 Å². The van der Waals surface area contributed by atoms with E-state index >= 15 is 0 Å². The van der Waals surface area contributed by atoms with E-state index in [0.29, 0.717) is 40.6 Å². The van der Waals surface area contributed by atoms with Crippen LogP contribution in [0.5, 0.6) is 11.6 Å². The minimum absolute atomic E-state index is 0.0835. The van der Waals surface area contributed by atoms with E-state index in [-0.39, 0.29) is 18.6 Å². The second kappa shape index (κ2) is 8.76. The summed E-state index contributed by atoms with van der Waals surface area (Å²) in [6.45, 7) is 4.82.